The molecular formula is C23H20BrN3. The molecule has 0 radical (unpaired) electrons. The van der Waals surface area contributed by atoms with Crippen LogP contribution in [0.15, 0.2) is 97.3 Å². The summed E-state index contributed by atoms with van der Waals surface area (Å²) in [6, 6.07) is 31.5. The topological polar surface area (TPSA) is 30.7 Å². The zero-order valence-corrected chi connectivity index (χ0v) is 16.5. The molecule has 0 N–H and O–H groups in total. The van der Waals surface area contributed by atoms with E-state index in [-0.39, 0.29) is 0 Å². The molecule has 0 unspecified atom stereocenters. The maximum Gasteiger partial charge on any atom is 0.151 e. The number of hydrogen-bond acceptors (Lipinski definition) is 2. The number of nitrogens with zero attached hydrogens (tertiary/aromatic N) is 3. The second-order valence-corrected chi connectivity index (χ2v) is 7.15. The van der Waals surface area contributed by atoms with Crippen molar-refractivity contribution in [3.8, 4) is 0 Å². The molecule has 0 fully saturated rings. The Morgan fingerprint density at radius 3 is 1.56 bits per heavy atom. The molecule has 4 aromatic rings. The summed E-state index contributed by atoms with van der Waals surface area (Å²) in [5.74, 6) is 0.832. The summed E-state index contributed by atoms with van der Waals surface area (Å²) >= 11 is 3.49. The van der Waals surface area contributed by atoms with E-state index in [0.29, 0.717) is 0 Å². The van der Waals surface area contributed by atoms with Crippen molar-refractivity contribution in [2.45, 2.75) is 12.0 Å². The van der Waals surface area contributed by atoms with Crippen LogP contribution in [0, 0.1) is 0 Å². The molecule has 0 aliphatic heterocycles. The Kier molecular flexibility index (Phi) is 5.16. The maximum atomic E-state index is 4.88. The third-order valence-corrected chi connectivity index (χ3v) is 5.17. The monoisotopic (exact) mass is 417 g/mol. The normalized spacial score (nSPS) is 11.4. The third kappa shape index (κ3) is 3.21. The van der Waals surface area contributed by atoms with Gasteiger partial charge in [-0.3, -0.25) is 0 Å². The summed E-state index contributed by atoms with van der Waals surface area (Å²) in [5, 5.41) is 5.72. The first kappa shape index (κ1) is 17.7. The molecule has 0 spiro atoms. The van der Waals surface area contributed by atoms with Gasteiger partial charge in [-0.05, 0) is 16.7 Å². The Balaban J connectivity index is 2.06. The Hall–Kier alpha value is -2.72. The molecule has 4 heteroatoms. The highest BCUT2D eigenvalue weighted by atomic mass is 79.9. The lowest BCUT2D eigenvalue weighted by molar-refractivity contribution is 0.456. The van der Waals surface area contributed by atoms with Crippen LogP contribution in [-0.4, -0.2) is 20.1 Å². The number of alkyl halides is 1. The van der Waals surface area contributed by atoms with Crippen LogP contribution >= 0.6 is 15.9 Å². The van der Waals surface area contributed by atoms with Crippen molar-refractivity contribution < 1.29 is 0 Å². The predicted octanol–water partition coefficient (Wildman–Crippen LogP) is 5.06. The number of aryl methyl sites for hydroxylation is 1. The molecule has 1 heterocycles. The summed E-state index contributed by atoms with van der Waals surface area (Å²) in [5.41, 5.74) is 2.87. The molecule has 0 atom stereocenters. The average Bonchev–Trinajstić information content (AvgIpc) is 3.20. The van der Waals surface area contributed by atoms with E-state index >= 15 is 0 Å². The lowest BCUT2D eigenvalue weighted by Crippen LogP contribution is -2.38. The molecular weight excluding hydrogens is 398 g/mol. The van der Waals surface area contributed by atoms with Crippen LogP contribution in [0.25, 0.3) is 0 Å². The standard InChI is InChI=1S/C23H20BrN3/c24-17-16-22-25-18-27(26-22)23(19-10-4-1-5-11-19,20-12-6-2-7-13-20)21-14-8-3-9-15-21/h1-15,18H,16-17H2. The van der Waals surface area contributed by atoms with Crippen molar-refractivity contribution in [3.63, 3.8) is 0 Å². The second kappa shape index (κ2) is 7.89. The van der Waals surface area contributed by atoms with Crippen LogP contribution in [0.2, 0.25) is 0 Å². The van der Waals surface area contributed by atoms with E-state index < -0.39 is 5.54 Å². The van der Waals surface area contributed by atoms with Gasteiger partial charge in [0.15, 0.2) is 5.82 Å². The lowest BCUT2D eigenvalue weighted by atomic mass is 9.77. The van der Waals surface area contributed by atoms with Crippen molar-refractivity contribution in [1.82, 2.24) is 14.8 Å². The molecule has 134 valence electrons. The summed E-state index contributed by atoms with van der Waals surface area (Å²) in [4.78, 5) is 4.57. The fourth-order valence-corrected chi connectivity index (χ4v) is 3.95. The third-order valence-electron chi connectivity index (χ3n) is 4.78. The van der Waals surface area contributed by atoms with Gasteiger partial charge in [-0.1, -0.05) is 107 Å². The van der Waals surface area contributed by atoms with Crippen molar-refractivity contribution in [3.05, 3.63) is 120 Å². The molecule has 0 aliphatic carbocycles. The zero-order valence-electron chi connectivity index (χ0n) is 14.9. The van der Waals surface area contributed by atoms with Crippen LogP contribution in [0.1, 0.15) is 22.5 Å². The second-order valence-electron chi connectivity index (χ2n) is 6.35. The Morgan fingerprint density at radius 2 is 1.15 bits per heavy atom. The highest BCUT2D eigenvalue weighted by Crippen LogP contribution is 2.39. The van der Waals surface area contributed by atoms with E-state index in [9.17, 15) is 0 Å². The quantitative estimate of drug-likeness (QED) is 0.324. The number of benzene rings is 3. The number of halogens is 1. The van der Waals surface area contributed by atoms with Gasteiger partial charge in [-0.15, -0.1) is 0 Å². The first-order valence-electron chi connectivity index (χ1n) is 8.99. The van der Waals surface area contributed by atoms with Gasteiger partial charge in [0, 0.05) is 11.8 Å². The smallest absolute Gasteiger partial charge is 0.151 e. The van der Waals surface area contributed by atoms with Gasteiger partial charge in [0.1, 0.15) is 11.9 Å². The summed E-state index contributed by atoms with van der Waals surface area (Å²) < 4.78 is 2.00. The predicted molar refractivity (Wildman–Crippen MR) is 112 cm³/mol. The minimum atomic E-state index is -0.582. The van der Waals surface area contributed by atoms with Crippen LogP contribution < -0.4 is 0 Å². The summed E-state index contributed by atoms with van der Waals surface area (Å²) in [6.07, 6.45) is 2.65. The summed E-state index contributed by atoms with van der Waals surface area (Å²) in [7, 11) is 0. The SMILES string of the molecule is BrCCc1ncn(C(c2ccccc2)(c2ccccc2)c2ccccc2)n1. The van der Waals surface area contributed by atoms with E-state index in [1.807, 2.05) is 29.2 Å². The Labute approximate surface area is 167 Å². The average molecular weight is 418 g/mol. The van der Waals surface area contributed by atoms with Crippen molar-refractivity contribution >= 4 is 15.9 Å². The van der Waals surface area contributed by atoms with Crippen LogP contribution in [0.4, 0.5) is 0 Å². The number of aromatic nitrogens is 3. The molecule has 3 aromatic carbocycles. The van der Waals surface area contributed by atoms with E-state index in [4.69, 9.17) is 5.10 Å². The highest BCUT2D eigenvalue weighted by Gasteiger charge is 2.39. The van der Waals surface area contributed by atoms with E-state index in [1.54, 1.807) is 0 Å². The number of rotatable bonds is 6. The molecule has 1 aromatic heterocycles. The molecule has 0 bridgehead atoms. The molecule has 3 nitrogen and oxygen atoms in total. The van der Waals surface area contributed by atoms with E-state index in [0.717, 1.165) is 34.3 Å². The maximum absolute atomic E-state index is 4.88. The fourth-order valence-electron chi connectivity index (χ4n) is 3.59. The molecule has 0 saturated carbocycles. The van der Waals surface area contributed by atoms with Crippen LogP contribution in [0.3, 0.4) is 0 Å². The molecule has 0 saturated heterocycles. The van der Waals surface area contributed by atoms with Gasteiger partial charge in [0.25, 0.3) is 0 Å². The number of hydrogen-bond donors (Lipinski definition) is 0. The molecule has 4 rings (SSSR count). The van der Waals surface area contributed by atoms with Gasteiger partial charge >= 0.3 is 0 Å². The van der Waals surface area contributed by atoms with Gasteiger partial charge in [-0.25, -0.2) is 9.67 Å². The first-order valence-corrected chi connectivity index (χ1v) is 10.1. The van der Waals surface area contributed by atoms with Gasteiger partial charge in [0.2, 0.25) is 0 Å². The molecule has 0 amide bonds. The minimum Gasteiger partial charge on any atom is -0.233 e. The molecule has 0 aliphatic rings. The van der Waals surface area contributed by atoms with E-state index in [2.05, 4.69) is 93.7 Å². The van der Waals surface area contributed by atoms with Crippen LogP contribution in [0.5, 0.6) is 0 Å². The van der Waals surface area contributed by atoms with Crippen molar-refractivity contribution in [1.29, 1.82) is 0 Å². The zero-order chi connectivity index (χ0) is 18.5. The van der Waals surface area contributed by atoms with Gasteiger partial charge < -0.3 is 0 Å². The van der Waals surface area contributed by atoms with Gasteiger partial charge in [-0.2, -0.15) is 5.10 Å². The Morgan fingerprint density at radius 1 is 0.704 bits per heavy atom. The van der Waals surface area contributed by atoms with Crippen molar-refractivity contribution in [2.24, 2.45) is 0 Å². The van der Waals surface area contributed by atoms with Crippen molar-refractivity contribution in [2.75, 3.05) is 5.33 Å². The highest BCUT2D eigenvalue weighted by molar-refractivity contribution is 9.09. The molecule has 27 heavy (non-hydrogen) atoms. The minimum absolute atomic E-state index is 0.582. The summed E-state index contributed by atoms with van der Waals surface area (Å²) in [6.45, 7) is 0. The van der Waals surface area contributed by atoms with Gasteiger partial charge in [0.05, 0.1) is 0 Å². The largest absolute Gasteiger partial charge is 0.233 e. The first-order chi connectivity index (χ1) is 13.4. The fraction of sp³-hybridized carbons (Fsp3) is 0.130. The van der Waals surface area contributed by atoms with Crippen LogP contribution in [-0.2, 0) is 12.0 Å². The lowest BCUT2D eigenvalue weighted by Gasteiger charge is -2.35. The van der Waals surface area contributed by atoms with E-state index in [1.165, 1.54) is 0 Å². The Bertz CT molecular complexity index is 885.